The fraction of sp³-hybridized carbons (Fsp3) is 0.650. The van der Waals surface area contributed by atoms with E-state index in [9.17, 15) is 14.4 Å². The summed E-state index contributed by atoms with van der Waals surface area (Å²) in [6, 6.07) is 0. The van der Waals surface area contributed by atoms with Gasteiger partial charge in [-0.05, 0) is 44.1 Å². The van der Waals surface area contributed by atoms with Crippen molar-refractivity contribution >= 4 is 34.1 Å². The smallest absolute Gasteiger partial charge is 0.341 e. The lowest BCUT2D eigenvalue weighted by atomic mass is 9.81. The summed E-state index contributed by atoms with van der Waals surface area (Å²) in [5.74, 6) is -1.61. The van der Waals surface area contributed by atoms with Crippen LogP contribution >= 0.6 is 11.3 Å². The van der Waals surface area contributed by atoms with Crippen LogP contribution in [0.5, 0.6) is 0 Å². The number of methoxy groups -OCH3 is 1. The molecule has 6 nitrogen and oxygen atoms in total. The van der Waals surface area contributed by atoms with Crippen molar-refractivity contribution < 1.29 is 23.9 Å². The molecule has 4 aliphatic rings. The third kappa shape index (κ3) is 2.44. The van der Waals surface area contributed by atoms with Gasteiger partial charge in [-0.1, -0.05) is 12.8 Å². The largest absolute Gasteiger partial charge is 0.465 e. The molecule has 1 aromatic rings. The van der Waals surface area contributed by atoms with Crippen LogP contribution < -0.4 is 4.90 Å². The van der Waals surface area contributed by atoms with Crippen LogP contribution in [0.3, 0.4) is 0 Å². The van der Waals surface area contributed by atoms with E-state index in [2.05, 4.69) is 0 Å². The number of hydrogen-bond donors (Lipinski definition) is 0. The molecular weight excluding hydrogens is 366 g/mol. The summed E-state index contributed by atoms with van der Waals surface area (Å²) in [5, 5.41) is 0.484. The van der Waals surface area contributed by atoms with E-state index in [0.29, 0.717) is 10.6 Å². The highest BCUT2D eigenvalue weighted by Gasteiger charge is 2.63. The number of amides is 2. The van der Waals surface area contributed by atoms with Crippen LogP contribution in [0.4, 0.5) is 5.00 Å². The second kappa shape index (κ2) is 6.41. The van der Waals surface area contributed by atoms with E-state index >= 15 is 0 Å². The standard InChI is InChI=1S/C20H23NO5S/c1-25-20(24)14-10-6-4-2-3-5-7-13(10)27-19(14)21-17(22)15-11-8-9-12(26-11)16(15)18(21)23/h11-12,15-16H,2-9H2,1H3/t11-,12-,15-,16-/m0/s1. The molecule has 0 unspecified atom stereocenters. The molecule has 3 aliphatic heterocycles. The molecule has 3 fully saturated rings. The summed E-state index contributed by atoms with van der Waals surface area (Å²) in [7, 11) is 1.36. The Balaban J connectivity index is 1.60. The molecule has 1 aliphatic carbocycles. The van der Waals surface area contributed by atoms with Gasteiger partial charge in [0.2, 0.25) is 11.8 Å². The van der Waals surface area contributed by atoms with Crippen LogP contribution in [-0.4, -0.2) is 37.1 Å². The Morgan fingerprint density at radius 3 is 2.30 bits per heavy atom. The fourth-order valence-corrected chi connectivity index (χ4v) is 6.67. The number of ether oxygens (including phenoxy) is 2. The number of imide groups is 1. The molecule has 0 aromatic carbocycles. The quantitative estimate of drug-likeness (QED) is 0.574. The number of carbonyl (C=O) groups is 3. The predicted octanol–water partition coefficient (Wildman–Crippen LogP) is 2.86. The third-order valence-corrected chi connectivity index (χ3v) is 7.81. The fourth-order valence-electron chi connectivity index (χ4n) is 5.29. The number of hydrogen-bond acceptors (Lipinski definition) is 6. The summed E-state index contributed by atoms with van der Waals surface area (Å²) in [6.45, 7) is 0. The maximum Gasteiger partial charge on any atom is 0.341 e. The molecule has 0 saturated carbocycles. The van der Waals surface area contributed by atoms with E-state index in [0.717, 1.165) is 55.4 Å². The average molecular weight is 389 g/mol. The van der Waals surface area contributed by atoms with Crippen LogP contribution in [-0.2, 0) is 31.9 Å². The van der Waals surface area contributed by atoms with Crippen molar-refractivity contribution in [3.63, 3.8) is 0 Å². The lowest BCUT2D eigenvalue weighted by Gasteiger charge is -2.17. The Kier molecular flexibility index (Phi) is 4.13. The zero-order valence-electron chi connectivity index (χ0n) is 15.4. The molecule has 2 bridgehead atoms. The highest BCUT2D eigenvalue weighted by atomic mass is 32.1. The molecule has 144 valence electrons. The number of aryl methyl sites for hydroxylation is 1. The minimum Gasteiger partial charge on any atom is -0.465 e. The number of rotatable bonds is 2. The Bertz CT molecular complexity index is 803. The minimum absolute atomic E-state index is 0.149. The minimum atomic E-state index is -0.444. The van der Waals surface area contributed by atoms with Crippen molar-refractivity contribution in [1.82, 2.24) is 0 Å². The molecule has 7 heteroatoms. The lowest BCUT2D eigenvalue weighted by Crippen LogP contribution is -2.34. The topological polar surface area (TPSA) is 72.9 Å². The summed E-state index contributed by atoms with van der Waals surface area (Å²) in [6.07, 6.45) is 7.46. The first kappa shape index (κ1) is 17.4. The molecule has 2 amide bonds. The molecule has 0 spiro atoms. The van der Waals surface area contributed by atoms with Crippen molar-refractivity contribution in [2.75, 3.05) is 12.0 Å². The number of anilines is 1. The summed E-state index contributed by atoms with van der Waals surface area (Å²) in [5.41, 5.74) is 1.42. The van der Waals surface area contributed by atoms with Gasteiger partial charge in [-0.15, -0.1) is 11.3 Å². The van der Waals surface area contributed by atoms with Gasteiger partial charge in [0.25, 0.3) is 0 Å². The molecular formula is C20H23NO5S. The second-order valence-corrected chi connectivity index (χ2v) is 9.03. The van der Waals surface area contributed by atoms with Crippen molar-refractivity contribution in [1.29, 1.82) is 0 Å². The van der Waals surface area contributed by atoms with E-state index in [1.165, 1.54) is 29.8 Å². The Morgan fingerprint density at radius 2 is 1.67 bits per heavy atom. The molecule has 1 aromatic heterocycles. The van der Waals surface area contributed by atoms with Crippen LogP contribution in [0.15, 0.2) is 0 Å². The normalized spacial score (nSPS) is 32.3. The number of carbonyl (C=O) groups excluding carboxylic acids is 3. The van der Waals surface area contributed by atoms with Crippen molar-refractivity contribution in [2.24, 2.45) is 11.8 Å². The Labute approximate surface area is 161 Å². The Hall–Kier alpha value is -1.73. The van der Waals surface area contributed by atoms with Gasteiger partial charge in [-0.3, -0.25) is 9.59 Å². The Morgan fingerprint density at radius 1 is 1.04 bits per heavy atom. The molecule has 0 N–H and O–H groups in total. The molecule has 4 heterocycles. The third-order valence-electron chi connectivity index (χ3n) is 6.53. The highest BCUT2D eigenvalue weighted by molar-refractivity contribution is 7.17. The van der Waals surface area contributed by atoms with Gasteiger partial charge in [0.1, 0.15) is 5.00 Å². The van der Waals surface area contributed by atoms with E-state index in [-0.39, 0.29) is 35.9 Å². The van der Waals surface area contributed by atoms with Crippen molar-refractivity contribution in [2.45, 2.75) is 63.6 Å². The number of nitrogens with zero attached hydrogens (tertiary/aromatic N) is 1. The van der Waals surface area contributed by atoms with E-state index in [1.807, 2.05) is 0 Å². The van der Waals surface area contributed by atoms with Crippen LogP contribution in [0.25, 0.3) is 0 Å². The van der Waals surface area contributed by atoms with E-state index < -0.39 is 5.97 Å². The monoisotopic (exact) mass is 389 g/mol. The van der Waals surface area contributed by atoms with Crippen LogP contribution in [0.1, 0.15) is 59.3 Å². The first-order valence-electron chi connectivity index (χ1n) is 9.88. The molecule has 4 atom stereocenters. The second-order valence-electron chi connectivity index (χ2n) is 7.94. The zero-order valence-corrected chi connectivity index (χ0v) is 16.2. The number of esters is 1. The SMILES string of the molecule is COC(=O)c1c(N2C(=O)[C@@H]3[C@@H](C2=O)[C@@H]2CC[C@@H]3O2)sc2c1CCCCCC2. The maximum atomic E-state index is 13.2. The molecule has 0 radical (unpaired) electrons. The molecule has 3 saturated heterocycles. The van der Waals surface area contributed by atoms with Crippen LogP contribution in [0, 0.1) is 11.8 Å². The summed E-state index contributed by atoms with van der Waals surface area (Å²) < 4.78 is 10.9. The van der Waals surface area contributed by atoms with E-state index in [1.54, 1.807) is 0 Å². The first-order valence-corrected chi connectivity index (χ1v) is 10.7. The van der Waals surface area contributed by atoms with Crippen molar-refractivity contribution in [3.05, 3.63) is 16.0 Å². The molecule has 27 heavy (non-hydrogen) atoms. The molecule has 5 rings (SSSR count). The van der Waals surface area contributed by atoms with Gasteiger partial charge >= 0.3 is 5.97 Å². The number of fused-ring (bicyclic) bond motifs is 6. The maximum absolute atomic E-state index is 13.2. The van der Waals surface area contributed by atoms with Gasteiger partial charge in [0, 0.05) is 4.88 Å². The summed E-state index contributed by atoms with van der Waals surface area (Å²) in [4.78, 5) is 41.4. The first-order chi connectivity index (χ1) is 13.1. The van der Waals surface area contributed by atoms with Gasteiger partial charge in [-0.2, -0.15) is 0 Å². The van der Waals surface area contributed by atoms with Gasteiger partial charge in [0.05, 0.1) is 36.7 Å². The average Bonchev–Trinajstić information content (AvgIpc) is 3.38. The van der Waals surface area contributed by atoms with Gasteiger partial charge < -0.3 is 9.47 Å². The predicted molar refractivity (Wildman–Crippen MR) is 98.9 cm³/mol. The highest BCUT2D eigenvalue weighted by Crippen LogP contribution is 2.51. The lowest BCUT2D eigenvalue weighted by molar-refractivity contribution is -0.124. The van der Waals surface area contributed by atoms with Gasteiger partial charge in [-0.25, -0.2) is 9.69 Å². The zero-order chi connectivity index (χ0) is 18.7. The van der Waals surface area contributed by atoms with Crippen molar-refractivity contribution in [3.8, 4) is 0 Å². The number of thiophene rings is 1. The van der Waals surface area contributed by atoms with Crippen LogP contribution in [0.2, 0.25) is 0 Å². The van der Waals surface area contributed by atoms with E-state index in [4.69, 9.17) is 9.47 Å². The van der Waals surface area contributed by atoms with Gasteiger partial charge in [0.15, 0.2) is 0 Å². The summed E-state index contributed by atoms with van der Waals surface area (Å²) >= 11 is 1.44.